The topological polar surface area (TPSA) is 58.0 Å². The van der Waals surface area contributed by atoms with Gasteiger partial charge in [-0.2, -0.15) is 5.10 Å². The van der Waals surface area contributed by atoms with Gasteiger partial charge in [0.25, 0.3) is 0 Å². The third kappa shape index (κ3) is 6.82. The lowest BCUT2D eigenvalue weighted by Gasteiger charge is -2.40. The van der Waals surface area contributed by atoms with Crippen molar-refractivity contribution in [1.82, 2.24) is 14.7 Å². The Morgan fingerprint density at radius 3 is 2.49 bits per heavy atom. The minimum absolute atomic E-state index is 0.330. The first-order chi connectivity index (χ1) is 17.0. The van der Waals surface area contributed by atoms with Crippen molar-refractivity contribution >= 4 is 23.2 Å². The summed E-state index contributed by atoms with van der Waals surface area (Å²) in [5.74, 6) is 2.16. The highest BCUT2D eigenvalue weighted by molar-refractivity contribution is 6.42. The number of likely N-dealkylation sites (tertiary alicyclic amines) is 1. The van der Waals surface area contributed by atoms with E-state index < -0.39 is 0 Å². The number of aromatic nitrogens is 2. The Morgan fingerprint density at radius 2 is 1.80 bits per heavy atom. The third-order valence-electron chi connectivity index (χ3n) is 6.36. The van der Waals surface area contributed by atoms with Gasteiger partial charge in [0.1, 0.15) is 24.6 Å². The number of rotatable bonds is 11. The molecule has 0 N–H and O–H groups in total. The quantitative estimate of drug-likeness (QED) is 0.341. The summed E-state index contributed by atoms with van der Waals surface area (Å²) in [6, 6.07) is 13.3. The van der Waals surface area contributed by atoms with Crippen molar-refractivity contribution in [3.05, 3.63) is 70.5 Å². The Morgan fingerprint density at radius 1 is 0.971 bits per heavy atom. The molecule has 0 atom stereocenters. The van der Waals surface area contributed by atoms with Crippen LogP contribution in [0.4, 0.5) is 0 Å². The Kier molecular flexibility index (Phi) is 8.78. The zero-order chi connectivity index (χ0) is 24.7. The first-order valence-corrected chi connectivity index (χ1v) is 12.4. The Balaban J connectivity index is 1.31. The number of nitrogens with zero attached hydrogens (tertiary/aromatic N) is 3. The Labute approximate surface area is 216 Å². The number of hydrogen-bond acceptors (Lipinski definition) is 6. The number of ether oxygens (including phenoxy) is 4. The average Bonchev–Trinajstić information content (AvgIpc) is 3.40. The van der Waals surface area contributed by atoms with Crippen LogP contribution in [0.3, 0.4) is 0 Å². The van der Waals surface area contributed by atoms with Crippen LogP contribution in [-0.4, -0.2) is 60.8 Å². The van der Waals surface area contributed by atoms with Gasteiger partial charge in [-0.05, 0) is 48.7 Å². The second kappa shape index (κ2) is 12.0. The van der Waals surface area contributed by atoms with Crippen LogP contribution < -0.4 is 14.2 Å². The number of piperidine rings is 1. The lowest BCUT2D eigenvalue weighted by molar-refractivity contribution is -0.0839. The van der Waals surface area contributed by atoms with Crippen molar-refractivity contribution in [2.24, 2.45) is 0 Å². The minimum atomic E-state index is -0.330. The van der Waals surface area contributed by atoms with Crippen LogP contribution in [0.25, 0.3) is 0 Å². The first-order valence-electron chi connectivity index (χ1n) is 11.6. The van der Waals surface area contributed by atoms with Crippen LogP contribution in [0.1, 0.15) is 18.4 Å². The van der Waals surface area contributed by atoms with E-state index in [2.05, 4.69) is 22.1 Å². The van der Waals surface area contributed by atoms with E-state index >= 15 is 0 Å². The smallest absolute Gasteiger partial charge is 0.161 e. The fraction of sp³-hybridized carbons (Fsp3) is 0.423. The van der Waals surface area contributed by atoms with E-state index in [0.29, 0.717) is 35.6 Å². The van der Waals surface area contributed by atoms with E-state index in [1.54, 1.807) is 32.5 Å². The van der Waals surface area contributed by atoms with Crippen LogP contribution >= 0.6 is 23.2 Å². The lowest BCUT2D eigenvalue weighted by Crippen LogP contribution is -2.48. The lowest BCUT2D eigenvalue weighted by atomic mass is 9.91. The molecule has 0 bridgehead atoms. The molecule has 1 aliphatic rings. The van der Waals surface area contributed by atoms with E-state index in [9.17, 15) is 0 Å². The van der Waals surface area contributed by atoms with Gasteiger partial charge in [-0.25, -0.2) is 0 Å². The third-order valence-corrected chi connectivity index (χ3v) is 7.10. The van der Waals surface area contributed by atoms with Gasteiger partial charge in [0.05, 0.1) is 23.7 Å². The monoisotopic (exact) mass is 519 g/mol. The first kappa shape index (κ1) is 25.6. The van der Waals surface area contributed by atoms with Gasteiger partial charge in [0.2, 0.25) is 0 Å². The van der Waals surface area contributed by atoms with E-state index in [4.69, 9.17) is 42.1 Å². The largest absolute Gasteiger partial charge is 0.493 e. The molecule has 0 amide bonds. The van der Waals surface area contributed by atoms with Crippen LogP contribution in [0.15, 0.2) is 54.9 Å². The number of halogens is 2. The Bertz CT molecular complexity index is 1090. The molecule has 188 valence electrons. The average molecular weight is 520 g/mol. The molecular weight excluding hydrogens is 489 g/mol. The number of hydrogen-bond donors (Lipinski definition) is 0. The highest BCUT2D eigenvalue weighted by atomic mass is 35.5. The maximum Gasteiger partial charge on any atom is 0.161 e. The van der Waals surface area contributed by atoms with E-state index in [1.165, 1.54) is 5.56 Å². The molecular formula is C26H31Cl2N3O4. The van der Waals surface area contributed by atoms with Crippen molar-refractivity contribution in [2.45, 2.75) is 31.5 Å². The van der Waals surface area contributed by atoms with Crippen LogP contribution in [0.2, 0.25) is 10.0 Å². The fourth-order valence-corrected chi connectivity index (χ4v) is 4.47. The van der Waals surface area contributed by atoms with Crippen LogP contribution in [0, 0.1) is 0 Å². The molecule has 1 aromatic heterocycles. The van der Waals surface area contributed by atoms with Crippen LogP contribution in [0.5, 0.6) is 17.2 Å². The maximum absolute atomic E-state index is 6.11. The van der Waals surface area contributed by atoms with Crippen LogP contribution in [-0.2, 0) is 17.8 Å². The van der Waals surface area contributed by atoms with E-state index in [1.807, 2.05) is 29.1 Å². The van der Waals surface area contributed by atoms with Gasteiger partial charge in [0.15, 0.2) is 11.5 Å². The molecule has 3 aromatic rings. The highest BCUT2D eigenvalue weighted by Crippen LogP contribution is 2.32. The van der Waals surface area contributed by atoms with Crippen molar-refractivity contribution in [3.63, 3.8) is 0 Å². The summed E-state index contributed by atoms with van der Waals surface area (Å²) in [5.41, 5.74) is 0.848. The fourth-order valence-electron chi connectivity index (χ4n) is 4.18. The zero-order valence-electron chi connectivity index (χ0n) is 20.1. The molecule has 0 saturated carbocycles. The summed E-state index contributed by atoms with van der Waals surface area (Å²) in [4.78, 5) is 2.42. The summed E-state index contributed by atoms with van der Waals surface area (Å²) in [6.45, 7) is 4.29. The van der Waals surface area contributed by atoms with Crippen molar-refractivity contribution < 1.29 is 18.9 Å². The molecule has 2 heterocycles. The Hall–Kier alpha value is -2.45. The molecule has 35 heavy (non-hydrogen) atoms. The van der Waals surface area contributed by atoms with E-state index in [-0.39, 0.29) is 5.60 Å². The summed E-state index contributed by atoms with van der Waals surface area (Å²) in [5, 5.41) is 5.20. The summed E-state index contributed by atoms with van der Waals surface area (Å²) >= 11 is 12.1. The normalized spacial score (nSPS) is 15.7. The molecule has 1 fully saturated rings. The molecule has 0 unspecified atom stereocenters. The molecule has 4 rings (SSSR count). The van der Waals surface area contributed by atoms with Gasteiger partial charge in [-0.1, -0.05) is 29.3 Å². The van der Waals surface area contributed by atoms with Gasteiger partial charge in [-0.3, -0.25) is 9.58 Å². The number of benzene rings is 2. The zero-order valence-corrected chi connectivity index (χ0v) is 21.6. The van der Waals surface area contributed by atoms with Gasteiger partial charge < -0.3 is 18.9 Å². The highest BCUT2D eigenvalue weighted by Gasteiger charge is 2.35. The maximum atomic E-state index is 6.11. The van der Waals surface area contributed by atoms with Gasteiger partial charge in [-0.15, -0.1) is 0 Å². The molecule has 2 aromatic carbocycles. The SMILES string of the molecule is COc1ccc(CN2CCC(COc3ccc(Cl)c(Cl)c3)(OC)CC2)cc1OCCn1cccn1. The minimum Gasteiger partial charge on any atom is -0.493 e. The predicted molar refractivity (Wildman–Crippen MR) is 137 cm³/mol. The predicted octanol–water partition coefficient (Wildman–Crippen LogP) is 5.34. The summed E-state index contributed by atoms with van der Waals surface area (Å²) in [6.07, 6.45) is 5.42. The number of methoxy groups -OCH3 is 2. The van der Waals surface area contributed by atoms with Crippen molar-refractivity contribution in [3.8, 4) is 17.2 Å². The standard InChI is InChI=1S/C26H31Cl2N3O4/c1-32-24-7-4-20(16-25(24)34-15-14-31-11-3-10-29-31)18-30-12-8-26(33-2,9-13-30)19-35-21-5-6-22(27)23(28)17-21/h3-7,10-11,16-17H,8-9,12-15,18-19H2,1-2H3. The second-order valence-corrected chi connectivity index (χ2v) is 9.45. The van der Waals surface area contributed by atoms with Crippen molar-refractivity contribution in [1.29, 1.82) is 0 Å². The molecule has 0 radical (unpaired) electrons. The molecule has 0 spiro atoms. The van der Waals surface area contributed by atoms with Gasteiger partial charge >= 0.3 is 0 Å². The van der Waals surface area contributed by atoms with Crippen molar-refractivity contribution in [2.75, 3.05) is 40.5 Å². The molecule has 1 saturated heterocycles. The summed E-state index contributed by atoms with van der Waals surface area (Å²) in [7, 11) is 3.41. The summed E-state index contributed by atoms with van der Waals surface area (Å²) < 4.78 is 25.3. The molecule has 1 aliphatic heterocycles. The molecule has 9 heteroatoms. The van der Waals surface area contributed by atoms with E-state index in [0.717, 1.165) is 44.0 Å². The second-order valence-electron chi connectivity index (χ2n) is 8.63. The van der Waals surface area contributed by atoms with Gasteiger partial charge in [0, 0.05) is 45.2 Å². The molecule has 7 nitrogen and oxygen atoms in total. The molecule has 0 aliphatic carbocycles.